The van der Waals surface area contributed by atoms with Gasteiger partial charge in [0.1, 0.15) is 5.82 Å². The Morgan fingerprint density at radius 1 is 1.06 bits per heavy atom. The van der Waals surface area contributed by atoms with Gasteiger partial charge in [-0.15, -0.1) is 0 Å². The van der Waals surface area contributed by atoms with Gasteiger partial charge >= 0.3 is 11.7 Å². The molecule has 2 heterocycles. The number of fused-ring (bicyclic) bond motifs is 1. The number of ether oxygens (including phenoxy) is 2. The Kier molecular flexibility index (Phi) is 7.25. The summed E-state index contributed by atoms with van der Waals surface area (Å²) in [5.74, 6) is 0.471. The van der Waals surface area contributed by atoms with Crippen LogP contribution in [-0.2, 0) is 34.1 Å². The molecule has 2 aromatic heterocycles. The first kappa shape index (κ1) is 24.9. The number of esters is 1. The molecule has 1 aliphatic carbocycles. The molecule has 0 amide bonds. The number of carbonyl (C=O) groups is 1. The van der Waals surface area contributed by atoms with E-state index in [9.17, 15) is 14.4 Å². The molecule has 0 aliphatic heterocycles. The lowest BCUT2D eigenvalue weighted by Gasteiger charge is -2.19. The molecule has 0 saturated heterocycles. The van der Waals surface area contributed by atoms with E-state index in [4.69, 9.17) is 14.5 Å². The summed E-state index contributed by atoms with van der Waals surface area (Å²) < 4.78 is 15.3. The van der Waals surface area contributed by atoms with Crippen LogP contribution < -0.4 is 11.2 Å². The van der Waals surface area contributed by atoms with Gasteiger partial charge < -0.3 is 9.47 Å². The minimum absolute atomic E-state index is 0.116. The molecule has 1 saturated carbocycles. The second-order valence-corrected chi connectivity index (χ2v) is 10.2. The number of hydrogen-bond acceptors (Lipinski definition) is 6. The lowest BCUT2D eigenvalue weighted by Crippen LogP contribution is -2.41. The highest BCUT2D eigenvalue weighted by Gasteiger charge is 2.29. The number of aromatic nitrogens is 4. The van der Waals surface area contributed by atoms with Crippen molar-refractivity contribution in [3.63, 3.8) is 0 Å². The highest BCUT2D eigenvalue weighted by atomic mass is 16.5. The monoisotopic (exact) mass is 482 g/mol. The summed E-state index contributed by atoms with van der Waals surface area (Å²) in [5, 5.41) is 0. The molecule has 0 radical (unpaired) electrons. The molecule has 0 spiro atoms. The zero-order chi connectivity index (χ0) is 25.2. The van der Waals surface area contributed by atoms with Crippen molar-refractivity contribution < 1.29 is 14.3 Å². The number of carbonyl (C=O) groups excluding carboxylic acids is 1. The fourth-order valence-electron chi connectivity index (χ4n) is 4.56. The van der Waals surface area contributed by atoms with E-state index in [1.54, 1.807) is 29.9 Å². The number of imidazole rings is 1. The molecule has 1 aromatic carbocycles. The maximum absolute atomic E-state index is 13.6. The van der Waals surface area contributed by atoms with Gasteiger partial charge in [-0.3, -0.25) is 23.3 Å². The maximum Gasteiger partial charge on any atom is 0.333 e. The minimum Gasteiger partial charge on any atom is -0.443 e. The zero-order valence-electron chi connectivity index (χ0n) is 21.0. The van der Waals surface area contributed by atoms with Gasteiger partial charge in [-0.2, -0.15) is 0 Å². The summed E-state index contributed by atoms with van der Waals surface area (Å²) in [5.41, 5.74) is -0.0408. The Morgan fingerprint density at radius 2 is 1.74 bits per heavy atom. The summed E-state index contributed by atoms with van der Waals surface area (Å²) in [6.45, 7) is 5.84. The van der Waals surface area contributed by atoms with E-state index in [0.717, 1.165) is 31.2 Å². The van der Waals surface area contributed by atoms with E-state index in [1.165, 1.54) is 11.7 Å². The smallest absolute Gasteiger partial charge is 0.333 e. The van der Waals surface area contributed by atoms with Gasteiger partial charge in [0.15, 0.2) is 17.9 Å². The molecular formula is C26H34N4O5. The first-order valence-electron chi connectivity index (χ1n) is 12.2. The highest BCUT2D eigenvalue weighted by molar-refractivity contribution is 5.75. The van der Waals surface area contributed by atoms with Gasteiger partial charge in [-0.05, 0) is 39.2 Å². The number of nitrogens with zero attached hydrogens (tertiary/aromatic N) is 4. The van der Waals surface area contributed by atoms with Gasteiger partial charge in [0, 0.05) is 13.0 Å². The molecule has 188 valence electrons. The molecule has 1 aliphatic rings. The Hall–Kier alpha value is -3.20. The number of rotatable bonds is 8. The third-order valence-corrected chi connectivity index (χ3v) is 6.50. The van der Waals surface area contributed by atoms with Crippen molar-refractivity contribution >= 4 is 17.1 Å². The molecule has 3 aromatic rings. The number of benzene rings is 1. The highest BCUT2D eigenvalue weighted by Crippen LogP contribution is 2.35. The van der Waals surface area contributed by atoms with E-state index in [0.29, 0.717) is 11.5 Å². The lowest BCUT2D eigenvalue weighted by atomic mass is 9.98. The SMILES string of the molecule is COCCn1c(=O)c2c(nc(C3CCCC3)n2COC(=O)C(C)(C)C)n(Cc2ccccc2)c1=O. The fourth-order valence-corrected chi connectivity index (χ4v) is 4.56. The predicted octanol–water partition coefficient (Wildman–Crippen LogP) is 3.26. The first-order chi connectivity index (χ1) is 16.7. The molecule has 1 fully saturated rings. The molecule has 0 atom stereocenters. The topological polar surface area (TPSA) is 97.3 Å². The van der Waals surface area contributed by atoms with Gasteiger partial charge in [0.2, 0.25) is 0 Å². The van der Waals surface area contributed by atoms with Gasteiger partial charge in [-0.1, -0.05) is 43.2 Å². The minimum atomic E-state index is -0.683. The van der Waals surface area contributed by atoms with Crippen molar-refractivity contribution in [1.29, 1.82) is 0 Å². The number of methoxy groups -OCH3 is 1. The Balaban J connectivity index is 1.93. The van der Waals surface area contributed by atoms with Crippen molar-refractivity contribution in [3.8, 4) is 0 Å². The van der Waals surface area contributed by atoms with Crippen LogP contribution in [0, 0.1) is 5.41 Å². The molecular weight excluding hydrogens is 448 g/mol. The van der Waals surface area contributed by atoms with Gasteiger partial charge in [0.05, 0.1) is 25.1 Å². The Labute approximate surface area is 204 Å². The van der Waals surface area contributed by atoms with Crippen LogP contribution in [0.25, 0.3) is 11.2 Å². The van der Waals surface area contributed by atoms with Crippen molar-refractivity contribution in [3.05, 3.63) is 62.6 Å². The van der Waals surface area contributed by atoms with Crippen molar-refractivity contribution in [2.24, 2.45) is 5.41 Å². The Bertz CT molecular complexity index is 1310. The van der Waals surface area contributed by atoms with Crippen LogP contribution >= 0.6 is 0 Å². The summed E-state index contributed by atoms with van der Waals surface area (Å²) >= 11 is 0. The lowest BCUT2D eigenvalue weighted by molar-refractivity contribution is -0.156. The Morgan fingerprint density at radius 3 is 2.37 bits per heavy atom. The third-order valence-electron chi connectivity index (χ3n) is 6.50. The van der Waals surface area contributed by atoms with Crippen molar-refractivity contribution in [2.45, 2.75) is 72.2 Å². The maximum atomic E-state index is 13.6. The molecule has 9 heteroatoms. The van der Waals surface area contributed by atoms with E-state index in [-0.39, 0.29) is 43.8 Å². The van der Waals surface area contributed by atoms with Gasteiger partial charge in [0.25, 0.3) is 5.56 Å². The van der Waals surface area contributed by atoms with Crippen LogP contribution in [0.2, 0.25) is 0 Å². The van der Waals surface area contributed by atoms with Crippen LogP contribution in [0.1, 0.15) is 63.8 Å². The fraction of sp³-hybridized carbons (Fsp3) is 0.538. The molecule has 0 unspecified atom stereocenters. The van der Waals surface area contributed by atoms with E-state index < -0.39 is 16.7 Å². The average Bonchev–Trinajstić information content (AvgIpc) is 3.48. The molecule has 0 N–H and O–H groups in total. The summed E-state index contributed by atoms with van der Waals surface area (Å²) in [7, 11) is 1.53. The van der Waals surface area contributed by atoms with E-state index in [1.807, 2.05) is 30.3 Å². The third kappa shape index (κ3) is 5.10. The van der Waals surface area contributed by atoms with E-state index >= 15 is 0 Å². The largest absolute Gasteiger partial charge is 0.443 e. The van der Waals surface area contributed by atoms with Crippen LogP contribution in [-0.4, -0.2) is 38.4 Å². The quantitative estimate of drug-likeness (QED) is 0.457. The summed E-state index contributed by atoms with van der Waals surface area (Å²) in [6, 6.07) is 9.60. The molecule has 4 rings (SSSR count). The molecule has 0 bridgehead atoms. The first-order valence-corrected chi connectivity index (χ1v) is 12.2. The standard InChI is InChI=1S/C26H34N4O5/c1-26(2,3)24(32)35-17-30-20-22(27-21(30)19-12-8-9-13-19)29(16-18-10-6-5-7-11-18)25(33)28(23(20)31)14-15-34-4/h5-7,10-11,19H,8-9,12-17H2,1-4H3. The summed E-state index contributed by atoms with van der Waals surface area (Å²) in [4.78, 5) is 44.6. The average molecular weight is 483 g/mol. The predicted molar refractivity (Wildman–Crippen MR) is 132 cm³/mol. The number of hydrogen-bond donors (Lipinski definition) is 0. The van der Waals surface area contributed by atoms with Crippen molar-refractivity contribution in [2.75, 3.05) is 13.7 Å². The summed E-state index contributed by atoms with van der Waals surface area (Å²) in [6.07, 6.45) is 4.03. The van der Waals surface area contributed by atoms with Crippen LogP contribution in [0.15, 0.2) is 39.9 Å². The molecule has 9 nitrogen and oxygen atoms in total. The van der Waals surface area contributed by atoms with Crippen LogP contribution in [0.5, 0.6) is 0 Å². The normalized spacial score (nSPS) is 14.6. The van der Waals surface area contributed by atoms with Crippen LogP contribution in [0.4, 0.5) is 0 Å². The zero-order valence-corrected chi connectivity index (χ0v) is 21.0. The van der Waals surface area contributed by atoms with Crippen LogP contribution in [0.3, 0.4) is 0 Å². The second kappa shape index (κ2) is 10.2. The second-order valence-electron chi connectivity index (χ2n) is 10.2. The van der Waals surface area contributed by atoms with E-state index in [2.05, 4.69) is 0 Å². The molecule has 35 heavy (non-hydrogen) atoms. The van der Waals surface area contributed by atoms with Gasteiger partial charge in [-0.25, -0.2) is 9.78 Å². The van der Waals surface area contributed by atoms with Crippen molar-refractivity contribution in [1.82, 2.24) is 18.7 Å².